The third-order valence-corrected chi connectivity index (χ3v) is 5.95. The van der Waals surface area contributed by atoms with Crippen LogP contribution >= 0.6 is 22.9 Å². The highest BCUT2D eigenvalue weighted by atomic mass is 35.5. The molecule has 0 aliphatic heterocycles. The van der Waals surface area contributed by atoms with E-state index < -0.39 is 22.2 Å². The van der Waals surface area contributed by atoms with Crippen LogP contribution in [-0.4, -0.2) is 19.5 Å². The van der Waals surface area contributed by atoms with E-state index in [1.807, 2.05) is 0 Å². The lowest BCUT2D eigenvalue weighted by Crippen LogP contribution is -2.24. The highest BCUT2D eigenvalue weighted by Crippen LogP contribution is 2.32. The van der Waals surface area contributed by atoms with Gasteiger partial charge in [0.05, 0.1) is 15.0 Å². The van der Waals surface area contributed by atoms with Crippen LogP contribution in [0.3, 0.4) is 0 Å². The molecular weight excluding hydrogens is 469 g/mol. The Labute approximate surface area is 186 Å². The third kappa shape index (κ3) is 4.34. The topological polar surface area (TPSA) is 90.4 Å². The van der Waals surface area contributed by atoms with E-state index in [4.69, 9.17) is 11.6 Å². The molecule has 7 nitrogen and oxygen atoms in total. The van der Waals surface area contributed by atoms with E-state index in [9.17, 15) is 28.1 Å². The van der Waals surface area contributed by atoms with Crippen LogP contribution in [0.15, 0.2) is 47.3 Å². The van der Waals surface area contributed by atoms with Gasteiger partial charge in [-0.25, -0.2) is 4.98 Å². The number of hydrogen-bond acceptors (Lipinski definition) is 6. The maximum atomic E-state index is 13.1. The van der Waals surface area contributed by atoms with Crippen LogP contribution in [-0.2, 0) is 19.0 Å². The Morgan fingerprint density at radius 1 is 1.19 bits per heavy atom. The SMILES string of the molecule is O=c1/c(=C/c2cc([N+](=O)[O-])ccc2Cl)sc2nc(CCc3ccccc3C(F)(F)F)nn12. The minimum Gasteiger partial charge on any atom is -0.266 e. The molecule has 0 fully saturated rings. The summed E-state index contributed by atoms with van der Waals surface area (Å²) in [6, 6.07) is 9.14. The minimum atomic E-state index is -4.46. The Hall–Kier alpha value is -3.31. The van der Waals surface area contributed by atoms with Gasteiger partial charge < -0.3 is 0 Å². The predicted molar refractivity (Wildman–Crippen MR) is 113 cm³/mol. The van der Waals surface area contributed by atoms with Crippen LogP contribution in [0, 0.1) is 10.1 Å². The normalized spacial score (nSPS) is 12.6. The van der Waals surface area contributed by atoms with Crippen LogP contribution in [0.4, 0.5) is 18.9 Å². The Morgan fingerprint density at radius 3 is 2.62 bits per heavy atom. The van der Waals surface area contributed by atoms with Gasteiger partial charge in [-0.15, -0.1) is 5.10 Å². The van der Waals surface area contributed by atoms with Crippen molar-refractivity contribution in [2.45, 2.75) is 19.0 Å². The fourth-order valence-corrected chi connectivity index (χ4v) is 4.23. The first-order valence-electron chi connectivity index (χ1n) is 9.12. The summed E-state index contributed by atoms with van der Waals surface area (Å²) < 4.78 is 40.7. The average Bonchev–Trinajstić information content (AvgIpc) is 3.26. The van der Waals surface area contributed by atoms with E-state index in [0.29, 0.717) is 5.56 Å². The number of aryl methyl sites for hydroxylation is 2. The molecule has 12 heteroatoms. The first kappa shape index (κ1) is 21.9. The smallest absolute Gasteiger partial charge is 0.266 e. The molecule has 0 aliphatic rings. The molecule has 4 rings (SSSR count). The lowest BCUT2D eigenvalue weighted by Gasteiger charge is -2.11. The number of rotatable bonds is 5. The summed E-state index contributed by atoms with van der Waals surface area (Å²) in [6.45, 7) is 0. The number of nitro groups is 1. The molecule has 0 saturated heterocycles. The van der Waals surface area contributed by atoms with Gasteiger partial charge in [-0.05, 0) is 30.2 Å². The van der Waals surface area contributed by atoms with Gasteiger partial charge in [-0.3, -0.25) is 14.9 Å². The molecule has 2 aromatic carbocycles. The Bertz CT molecular complexity index is 1450. The number of halogens is 4. The first-order valence-corrected chi connectivity index (χ1v) is 10.3. The lowest BCUT2D eigenvalue weighted by molar-refractivity contribution is -0.384. The van der Waals surface area contributed by atoms with Crippen molar-refractivity contribution < 1.29 is 18.1 Å². The standard InChI is InChI=1S/C20H12ClF3N4O3S/c21-15-7-6-13(28(30)31)9-12(15)10-16-18(29)27-19(32-16)25-17(26-27)8-5-11-3-1-2-4-14(11)20(22,23)24/h1-4,6-7,9-10H,5,8H2/b16-10-. The van der Waals surface area contributed by atoms with Crippen LogP contribution < -0.4 is 10.1 Å². The molecule has 0 N–H and O–H groups in total. The largest absolute Gasteiger partial charge is 0.416 e. The van der Waals surface area contributed by atoms with Crippen molar-refractivity contribution in [1.82, 2.24) is 14.6 Å². The monoisotopic (exact) mass is 480 g/mol. The van der Waals surface area contributed by atoms with Gasteiger partial charge in [-0.2, -0.15) is 17.7 Å². The van der Waals surface area contributed by atoms with Crippen LogP contribution in [0.5, 0.6) is 0 Å². The average molecular weight is 481 g/mol. The Kier molecular flexibility index (Phi) is 5.70. The van der Waals surface area contributed by atoms with Gasteiger partial charge in [0.1, 0.15) is 0 Å². The second-order valence-electron chi connectivity index (χ2n) is 6.76. The number of nitrogens with zero attached hydrogens (tertiary/aromatic N) is 4. The molecule has 2 heterocycles. The molecule has 0 radical (unpaired) electrons. The van der Waals surface area contributed by atoms with Crippen molar-refractivity contribution in [2.24, 2.45) is 0 Å². The summed E-state index contributed by atoms with van der Waals surface area (Å²) in [7, 11) is 0. The zero-order valence-corrected chi connectivity index (χ0v) is 17.5. The quantitative estimate of drug-likeness (QED) is 0.317. The third-order valence-electron chi connectivity index (χ3n) is 4.64. The molecule has 0 atom stereocenters. The van der Waals surface area contributed by atoms with E-state index >= 15 is 0 Å². The van der Waals surface area contributed by atoms with Crippen molar-refractivity contribution >= 4 is 39.7 Å². The van der Waals surface area contributed by atoms with Crippen molar-refractivity contribution in [3.63, 3.8) is 0 Å². The second-order valence-corrected chi connectivity index (χ2v) is 8.17. The van der Waals surface area contributed by atoms with Crippen molar-refractivity contribution in [3.05, 3.63) is 95.0 Å². The maximum Gasteiger partial charge on any atom is 0.416 e. The van der Waals surface area contributed by atoms with Crippen LogP contribution in [0.2, 0.25) is 5.02 Å². The summed E-state index contributed by atoms with van der Waals surface area (Å²) >= 11 is 7.08. The van der Waals surface area contributed by atoms with Crippen molar-refractivity contribution in [1.29, 1.82) is 0 Å². The lowest BCUT2D eigenvalue weighted by atomic mass is 10.0. The first-order chi connectivity index (χ1) is 15.1. The number of benzene rings is 2. The molecule has 0 spiro atoms. The summed E-state index contributed by atoms with van der Waals surface area (Å²) in [5.74, 6) is 0.241. The van der Waals surface area contributed by atoms with Gasteiger partial charge in [0.15, 0.2) is 5.82 Å². The number of aromatic nitrogens is 3. The van der Waals surface area contributed by atoms with E-state index in [-0.39, 0.29) is 44.4 Å². The van der Waals surface area contributed by atoms with E-state index in [2.05, 4.69) is 10.1 Å². The van der Waals surface area contributed by atoms with Gasteiger partial charge in [-0.1, -0.05) is 41.1 Å². The predicted octanol–water partition coefficient (Wildman–Crippen LogP) is 4.06. The number of non-ortho nitro benzene ring substituents is 1. The van der Waals surface area contributed by atoms with E-state index in [0.717, 1.165) is 21.9 Å². The van der Waals surface area contributed by atoms with Crippen LogP contribution in [0.1, 0.15) is 22.5 Å². The molecule has 0 unspecified atom stereocenters. The zero-order valence-electron chi connectivity index (χ0n) is 16.0. The summed E-state index contributed by atoms with van der Waals surface area (Å²) in [5.41, 5.74) is -0.964. The fourth-order valence-electron chi connectivity index (χ4n) is 3.14. The highest BCUT2D eigenvalue weighted by molar-refractivity contribution is 7.15. The molecular formula is C20H12ClF3N4O3S. The zero-order chi connectivity index (χ0) is 23.0. The number of thiazole rings is 1. The summed E-state index contributed by atoms with van der Waals surface area (Å²) in [4.78, 5) is 27.5. The Balaban J connectivity index is 1.63. The van der Waals surface area contributed by atoms with Gasteiger partial charge in [0, 0.05) is 29.1 Å². The van der Waals surface area contributed by atoms with Crippen molar-refractivity contribution in [2.75, 3.05) is 0 Å². The molecule has 0 bridgehead atoms. The van der Waals surface area contributed by atoms with Gasteiger partial charge >= 0.3 is 6.18 Å². The number of fused-ring (bicyclic) bond motifs is 1. The molecule has 0 saturated carbocycles. The molecule has 32 heavy (non-hydrogen) atoms. The molecule has 0 aliphatic carbocycles. The number of alkyl halides is 3. The second kappa shape index (κ2) is 8.32. The van der Waals surface area contributed by atoms with Crippen molar-refractivity contribution in [3.8, 4) is 0 Å². The Morgan fingerprint density at radius 2 is 1.94 bits per heavy atom. The molecule has 2 aromatic heterocycles. The van der Waals surface area contributed by atoms with E-state index in [1.54, 1.807) is 0 Å². The molecule has 164 valence electrons. The summed E-state index contributed by atoms with van der Waals surface area (Å²) in [6.07, 6.45) is -2.86. The number of nitro benzene ring substituents is 1. The van der Waals surface area contributed by atoms with Gasteiger partial charge in [0.2, 0.25) is 4.96 Å². The number of hydrogen-bond donors (Lipinski definition) is 0. The van der Waals surface area contributed by atoms with E-state index in [1.165, 1.54) is 42.5 Å². The fraction of sp³-hybridized carbons (Fsp3) is 0.150. The molecule has 0 amide bonds. The minimum absolute atomic E-state index is 0.0595. The molecule has 4 aromatic rings. The van der Waals surface area contributed by atoms with Crippen LogP contribution in [0.25, 0.3) is 11.0 Å². The summed E-state index contributed by atoms with van der Waals surface area (Å²) in [5, 5.41) is 15.3. The van der Waals surface area contributed by atoms with Gasteiger partial charge in [0.25, 0.3) is 11.2 Å². The maximum absolute atomic E-state index is 13.1. The highest BCUT2D eigenvalue weighted by Gasteiger charge is 2.32.